The van der Waals surface area contributed by atoms with E-state index in [1.54, 1.807) is 18.2 Å². The van der Waals surface area contributed by atoms with Crippen LogP contribution in [-0.4, -0.2) is 21.6 Å². The second-order valence-corrected chi connectivity index (χ2v) is 6.28. The number of rotatable bonds is 6. The van der Waals surface area contributed by atoms with Crippen LogP contribution in [-0.2, 0) is 10.0 Å². The zero-order chi connectivity index (χ0) is 15.3. The van der Waals surface area contributed by atoms with Crippen LogP contribution < -0.4 is 9.46 Å². The summed E-state index contributed by atoms with van der Waals surface area (Å²) < 4.78 is 44.6. The second kappa shape index (κ2) is 6.89. The van der Waals surface area contributed by atoms with Gasteiger partial charge in [-0.15, -0.1) is 0 Å². The molecule has 0 aliphatic heterocycles. The minimum atomic E-state index is -3.69. The zero-order valence-corrected chi connectivity index (χ0v) is 12.5. The first-order valence-corrected chi connectivity index (χ1v) is 7.98. The quantitative estimate of drug-likeness (QED) is 0.829. The molecule has 2 rings (SSSR count). The first-order chi connectivity index (χ1) is 9.99. The molecule has 0 aliphatic rings. The molecule has 4 nitrogen and oxygen atoms in total. The predicted octanol–water partition coefficient (Wildman–Crippen LogP) is 2.84. The molecule has 1 N–H and O–H groups in total. The molecule has 0 radical (unpaired) electrons. The van der Waals surface area contributed by atoms with Crippen LogP contribution in [0, 0.1) is 5.82 Å². The third-order valence-corrected chi connectivity index (χ3v) is 4.55. The fourth-order valence-corrected chi connectivity index (χ4v) is 3.17. The fraction of sp³-hybridized carbons (Fsp3) is 0.143. The van der Waals surface area contributed by atoms with Crippen molar-refractivity contribution >= 4 is 21.6 Å². The van der Waals surface area contributed by atoms with Crippen LogP contribution in [0.4, 0.5) is 4.39 Å². The summed E-state index contributed by atoms with van der Waals surface area (Å²) in [4.78, 5) is 0.0115. The van der Waals surface area contributed by atoms with Crippen molar-refractivity contribution in [1.29, 1.82) is 0 Å². The second-order valence-electron chi connectivity index (χ2n) is 4.13. The molecule has 0 heterocycles. The van der Waals surface area contributed by atoms with Crippen LogP contribution in [0.3, 0.4) is 0 Å². The molecular formula is C14H13ClFNO3S. The highest BCUT2D eigenvalue weighted by molar-refractivity contribution is 7.89. The van der Waals surface area contributed by atoms with E-state index in [9.17, 15) is 12.8 Å². The van der Waals surface area contributed by atoms with E-state index in [2.05, 4.69) is 4.72 Å². The Balaban J connectivity index is 1.90. The molecule has 2 aromatic rings. The number of benzene rings is 2. The van der Waals surface area contributed by atoms with Gasteiger partial charge in [0.1, 0.15) is 23.1 Å². The molecule has 112 valence electrons. The van der Waals surface area contributed by atoms with E-state index in [0.717, 1.165) is 0 Å². The van der Waals surface area contributed by atoms with Crippen molar-refractivity contribution in [2.45, 2.75) is 4.90 Å². The van der Waals surface area contributed by atoms with Crippen molar-refractivity contribution in [3.05, 3.63) is 59.4 Å². The van der Waals surface area contributed by atoms with E-state index in [0.29, 0.717) is 5.75 Å². The highest BCUT2D eigenvalue weighted by Gasteiger charge is 2.16. The van der Waals surface area contributed by atoms with Crippen LogP contribution in [0.5, 0.6) is 5.75 Å². The summed E-state index contributed by atoms with van der Waals surface area (Å²) in [6.07, 6.45) is 0. The van der Waals surface area contributed by atoms with Gasteiger partial charge in [0.25, 0.3) is 0 Å². The molecule has 2 aromatic carbocycles. The summed E-state index contributed by atoms with van der Waals surface area (Å²) in [6.45, 7) is 0.122. The Kier molecular flexibility index (Phi) is 5.17. The van der Waals surface area contributed by atoms with Crippen LogP contribution >= 0.6 is 11.6 Å². The highest BCUT2D eigenvalue weighted by atomic mass is 35.5. The molecule has 0 fully saturated rings. The Morgan fingerprint density at radius 1 is 1.14 bits per heavy atom. The van der Waals surface area contributed by atoms with Gasteiger partial charge in [-0.25, -0.2) is 17.5 Å². The number of nitrogens with one attached hydrogen (secondary N) is 1. The number of halogens is 2. The molecule has 7 heteroatoms. The van der Waals surface area contributed by atoms with Gasteiger partial charge in [-0.3, -0.25) is 0 Å². The lowest BCUT2D eigenvalue weighted by atomic mass is 10.3. The van der Waals surface area contributed by atoms with Crippen molar-refractivity contribution in [3.8, 4) is 5.75 Å². The number of hydrogen-bond donors (Lipinski definition) is 1. The third kappa shape index (κ3) is 4.42. The van der Waals surface area contributed by atoms with Crippen LogP contribution in [0.15, 0.2) is 53.4 Å². The standard InChI is InChI=1S/C14H13ClFNO3S/c15-13-6-1-2-7-14(13)21(18,19)17-8-9-20-12-5-3-4-11(16)10-12/h1-7,10,17H,8-9H2. The lowest BCUT2D eigenvalue weighted by Gasteiger charge is -2.09. The maximum Gasteiger partial charge on any atom is 0.242 e. The van der Waals surface area contributed by atoms with Gasteiger partial charge in [-0.05, 0) is 24.3 Å². The molecule has 21 heavy (non-hydrogen) atoms. The molecule has 0 atom stereocenters. The molecule has 0 saturated carbocycles. The lowest BCUT2D eigenvalue weighted by Crippen LogP contribution is -2.28. The van der Waals surface area contributed by atoms with Crippen molar-refractivity contribution in [2.24, 2.45) is 0 Å². The molecule has 0 unspecified atom stereocenters. The monoisotopic (exact) mass is 329 g/mol. The molecular weight excluding hydrogens is 317 g/mol. The van der Waals surface area contributed by atoms with Crippen molar-refractivity contribution in [3.63, 3.8) is 0 Å². The lowest BCUT2D eigenvalue weighted by molar-refractivity contribution is 0.321. The van der Waals surface area contributed by atoms with Crippen molar-refractivity contribution in [1.82, 2.24) is 4.72 Å². The minimum absolute atomic E-state index is 0.0115. The molecule has 0 amide bonds. The van der Waals surface area contributed by atoms with E-state index in [1.165, 1.54) is 30.3 Å². The molecule has 0 aromatic heterocycles. The molecule has 0 spiro atoms. The first-order valence-electron chi connectivity index (χ1n) is 6.11. The van der Waals surface area contributed by atoms with E-state index in [-0.39, 0.29) is 23.1 Å². The van der Waals surface area contributed by atoms with E-state index in [4.69, 9.17) is 16.3 Å². The Morgan fingerprint density at radius 3 is 2.62 bits per heavy atom. The van der Waals surface area contributed by atoms with Gasteiger partial charge in [0, 0.05) is 12.6 Å². The zero-order valence-electron chi connectivity index (χ0n) is 10.9. The van der Waals surface area contributed by atoms with Gasteiger partial charge in [0.05, 0.1) is 5.02 Å². The average molecular weight is 330 g/mol. The van der Waals surface area contributed by atoms with Crippen LogP contribution in [0.1, 0.15) is 0 Å². The van der Waals surface area contributed by atoms with Gasteiger partial charge in [-0.1, -0.05) is 29.8 Å². The average Bonchev–Trinajstić information content (AvgIpc) is 2.44. The van der Waals surface area contributed by atoms with E-state index < -0.39 is 15.8 Å². The van der Waals surface area contributed by atoms with Crippen LogP contribution in [0.25, 0.3) is 0 Å². The van der Waals surface area contributed by atoms with Gasteiger partial charge in [0.15, 0.2) is 0 Å². The van der Waals surface area contributed by atoms with Crippen molar-refractivity contribution < 1.29 is 17.5 Å². The first kappa shape index (κ1) is 15.8. The largest absolute Gasteiger partial charge is 0.492 e. The summed E-state index contributed by atoms with van der Waals surface area (Å²) >= 11 is 5.84. The maximum absolute atomic E-state index is 12.9. The van der Waals surface area contributed by atoms with Gasteiger partial charge < -0.3 is 4.74 Å². The maximum atomic E-state index is 12.9. The van der Waals surface area contributed by atoms with E-state index in [1.807, 2.05) is 0 Å². The Labute approximate surface area is 127 Å². The number of ether oxygens (including phenoxy) is 1. The molecule has 0 saturated heterocycles. The Hall–Kier alpha value is -1.63. The summed E-state index contributed by atoms with van der Waals surface area (Å²) in [6, 6.07) is 11.8. The van der Waals surface area contributed by atoms with Gasteiger partial charge in [0.2, 0.25) is 10.0 Å². The van der Waals surface area contributed by atoms with Gasteiger partial charge >= 0.3 is 0 Å². The summed E-state index contributed by atoms with van der Waals surface area (Å²) in [5.74, 6) is -0.0731. The summed E-state index contributed by atoms with van der Waals surface area (Å²) in [7, 11) is -3.69. The topological polar surface area (TPSA) is 55.4 Å². The smallest absolute Gasteiger partial charge is 0.242 e. The number of sulfonamides is 1. The predicted molar refractivity (Wildman–Crippen MR) is 78.5 cm³/mol. The summed E-state index contributed by atoms with van der Waals surface area (Å²) in [5, 5.41) is 0.149. The number of hydrogen-bond acceptors (Lipinski definition) is 3. The fourth-order valence-electron chi connectivity index (χ4n) is 1.64. The third-order valence-electron chi connectivity index (χ3n) is 2.59. The molecule has 0 bridgehead atoms. The molecule has 0 aliphatic carbocycles. The highest BCUT2D eigenvalue weighted by Crippen LogP contribution is 2.19. The Bertz CT molecular complexity index is 722. The van der Waals surface area contributed by atoms with Gasteiger partial charge in [-0.2, -0.15) is 0 Å². The van der Waals surface area contributed by atoms with Crippen molar-refractivity contribution in [2.75, 3.05) is 13.2 Å². The minimum Gasteiger partial charge on any atom is -0.492 e. The SMILES string of the molecule is O=S(=O)(NCCOc1cccc(F)c1)c1ccccc1Cl. The summed E-state index contributed by atoms with van der Waals surface area (Å²) in [5.41, 5.74) is 0. The Morgan fingerprint density at radius 2 is 1.90 bits per heavy atom. The normalized spacial score (nSPS) is 11.3. The van der Waals surface area contributed by atoms with Crippen LogP contribution in [0.2, 0.25) is 5.02 Å². The van der Waals surface area contributed by atoms with E-state index >= 15 is 0 Å².